The molecule has 1 aromatic carbocycles. The van der Waals surface area contributed by atoms with Gasteiger partial charge in [0.25, 0.3) is 0 Å². The van der Waals surface area contributed by atoms with E-state index in [-0.39, 0.29) is 5.75 Å². The standard InChI is InChI=1S/C19H30F2N2O2/c1-3-5-10-23-11-8-16(9-12-23)22-14-15-6-7-17(25-19(20)21)18(13-15)24-4-2/h6-7,13,16,19,22H,3-5,8-12,14H2,1-2H3. The van der Waals surface area contributed by atoms with E-state index in [0.717, 1.165) is 31.5 Å². The molecule has 25 heavy (non-hydrogen) atoms. The van der Waals surface area contributed by atoms with E-state index < -0.39 is 6.61 Å². The molecule has 0 saturated carbocycles. The van der Waals surface area contributed by atoms with Crippen LogP contribution in [0.2, 0.25) is 0 Å². The molecule has 1 aliphatic heterocycles. The van der Waals surface area contributed by atoms with Gasteiger partial charge in [0.2, 0.25) is 0 Å². The first-order valence-electron chi connectivity index (χ1n) is 9.28. The van der Waals surface area contributed by atoms with Gasteiger partial charge in [-0.2, -0.15) is 8.78 Å². The number of rotatable bonds is 10. The first-order chi connectivity index (χ1) is 12.1. The van der Waals surface area contributed by atoms with E-state index in [9.17, 15) is 8.78 Å². The molecule has 1 N–H and O–H groups in total. The van der Waals surface area contributed by atoms with Gasteiger partial charge in [-0.25, -0.2) is 0 Å². The number of nitrogens with zero attached hydrogens (tertiary/aromatic N) is 1. The predicted octanol–water partition coefficient (Wildman–Crippen LogP) is 4.04. The first-order valence-corrected chi connectivity index (χ1v) is 9.28. The van der Waals surface area contributed by atoms with Crippen LogP contribution in [0.3, 0.4) is 0 Å². The largest absolute Gasteiger partial charge is 0.490 e. The number of alkyl halides is 2. The number of hydrogen-bond donors (Lipinski definition) is 1. The fourth-order valence-corrected chi connectivity index (χ4v) is 3.13. The van der Waals surface area contributed by atoms with E-state index in [1.807, 2.05) is 13.0 Å². The summed E-state index contributed by atoms with van der Waals surface area (Å²) in [6.45, 7) is 5.80. The van der Waals surface area contributed by atoms with E-state index in [1.54, 1.807) is 12.1 Å². The monoisotopic (exact) mass is 356 g/mol. The Morgan fingerprint density at radius 3 is 2.60 bits per heavy atom. The van der Waals surface area contributed by atoms with Crippen LogP contribution in [0.4, 0.5) is 8.78 Å². The summed E-state index contributed by atoms with van der Waals surface area (Å²) in [5.41, 5.74) is 1.01. The number of hydrogen-bond acceptors (Lipinski definition) is 4. The zero-order chi connectivity index (χ0) is 18.1. The molecule has 0 atom stereocenters. The van der Waals surface area contributed by atoms with Gasteiger partial charge < -0.3 is 19.7 Å². The normalized spacial score (nSPS) is 16.4. The maximum atomic E-state index is 12.4. The Morgan fingerprint density at radius 1 is 1.20 bits per heavy atom. The van der Waals surface area contributed by atoms with Crippen LogP contribution < -0.4 is 14.8 Å². The van der Waals surface area contributed by atoms with Crippen LogP contribution in [0, 0.1) is 0 Å². The Kier molecular flexibility index (Phi) is 8.41. The molecule has 1 fully saturated rings. The lowest BCUT2D eigenvalue weighted by Crippen LogP contribution is -2.42. The Balaban J connectivity index is 1.83. The molecule has 0 aromatic heterocycles. The number of ether oxygens (including phenoxy) is 2. The summed E-state index contributed by atoms with van der Waals surface area (Å²) < 4.78 is 34.8. The lowest BCUT2D eigenvalue weighted by Gasteiger charge is -2.32. The van der Waals surface area contributed by atoms with Crippen LogP contribution in [0.25, 0.3) is 0 Å². The first kappa shape index (κ1) is 19.9. The average molecular weight is 356 g/mol. The van der Waals surface area contributed by atoms with Crippen molar-refractivity contribution in [3.63, 3.8) is 0 Å². The van der Waals surface area contributed by atoms with Crippen LogP contribution in [0.15, 0.2) is 18.2 Å². The third kappa shape index (κ3) is 6.78. The third-order valence-electron chi connectivity index (χ3n) is 4.53. The molecule has 0 aliphatic carbocycles. The summed E-state index contributed by atoms with van der Waals surface area (Å²) in [5.74, 6) is 0.460. The van der Waals surface area contributed by atoms with Crippen LogP contribution in [-0.2, 0) is 6.54 Å². The topological polar surface area (TPSA) is 33.7 Å². The molecule has 0 amide bonds. The van der Waals surface area contributed by atoms with Crippen molar-refractivity contribution in [2.75, 3.05) is 26.2 Å². The molecule has 4 nitrogen and oxygen atoms in total. The molecular formula is C19H30F2N2O2. The minimum absolute atomic E-state index is 0.0878. The van der Waals surface area contributed by atoms with Crippen molar-refractivity contribution >= 4 is 0 Å². The van der Waals surface area contributed by atoms with Crippen molar-refractivity contribution < 1.29 is 18.3 Å². The maximum Gasteiger partial charge on any atom is 0.387 e. The van der Waals surface area contributed by atoms with Crippen molar-refractivity contribution in [1.29, 1.82) is 0 Å². The Bertz CT molecular complexity index is 506. The molecule has 0 radical (unpaired) electrons. The molecule has 142 valence electrons. The van der Waals surface area contributed by atoms with Crippen molar-refractivity contribution in [3.05, 3.63) is 23.8 Å². The maximum absolute atomic E-state index is 12.4. The van der Waals surface area contributed by atoms with Gasteiger partial charge in [0.1, 0.15) is 0 Å². The summed E-state index contributed by atoms with van der Waals surface area (Å²) in [6, 6.07) is 5.65. The highest BCUT2D eigenvalue weighted by Crippen LogP contribution is 2.30. The molecule has 1 saturated heterocycles. The van der Waals surface area contributed by atoms with Crippen molar-refractivity contribution in [3.8, 4) is 11.5 Å². The van der Waals surface area contributed by atoms with E-state index >= 15 is 0 Å². The molecule has 0 bridgehead atoms. The average Bonchev–Trinajstić information content (AvgIpc) is 2.61. The number of likely N-dealkylation sites (tertiary alicyclic amines) is 1. The minimum Gasteiger partial charge on any atom is -0.490 e. The Hall–Kier alpha value is -1.40. The van der Waals surface area contributed by atoms with Gasteiger partial charge in [0.05, 0.1) is 6.61 Å². The zero-order valence-corrected chi connectivity index (χ0v) is 15.3. The third-order valence-corrected chi connectivity index (χ3v) is 4.53. The second-order valence-corrected chi connectivity index (χ2v) is 6.44. The second kappa shape index (κ2) is 10.6. The van der Waals surface area contributed by atoms with Gasteiger partial charge in [-0.1, -0.05) is 19.4 Å². The zero-order valence-electron chi connectivity index (χ0n) is 15.3. The van der Waals surface area contributed by atoms with E-state index in [1.165, 1.54) is 19.4 Å². The molecule has 1 heterocycles. The number of nitrogens with one attached hydrogen (secondary N) is 1. The predicted molar refractivity (Wildman–Crippen MR) is 95.5 cm³/mol. The highest BCUT2D eigenvalue weighted by Gasteiger charge is 2.18. The lowest BCUT2D eigenvalue weighted by molar-refractivity contribution is -0.0514. The van der Waals surface area contributed by atoms with Crippen LogP contribution in [-0.4, -0.2) is 43.8 Å². The van der Waals surface area contributed by atoms with Gasteiger partial charge in [-0.3, -0.25) is 0 Å². The molecule has 1 aliphatic rings. The number of unbranched alkanes of at least 4 members (excludes halogenated alkanes) is 1. The van der Waals surface area contributed by atoms with Gasteiger partial charge in [-0.05, 0) is 63.5 Å². The Morgan fingerprint density at radius 2 is 1.96 bits per heavy atom. The summed E-state index contributed by atoms with van der Waals surface area (Å²) in [7, 11) is 0. The van der Waals surface area contributed by atoms with E-state index in [4.69, 9.17) is 4.74 Å². The van der Waals surface area contributed by atoms with Gasteiger partial charge in [0, 0.05) is 12.6 Å². The fraction of sp³-hybridized carbons (Fsp3) is 0.684. The van der Waals surface area contributed by atoms with Gasteiger partial charge >= 0.3 is 6.61 Å². The Labute approximate surface area is 149 Å². The highest BCUT2D eigenvalue weighted by atomic mass is 19.3. The molecule has 6 heteroatoms. The van der Waals surface area contributed by atoms with Crippen LogP contribution in [0.1, 0.15) is 45.1 Å². The van der Waals surface area contributed by atoms with Crippen molar-refractivity contribution in [1.82, 2.24) is 10.2 Å². The molecule has 2 rings (SSSR count). The van der Waals surface area contributed by atoms with Crippen molar-refractivity contribution in [2.24, 2.45) is 0 Å². The SMILES string of the molecule is CCCCN1CCC(NCc2ccc(OC(F)F)c(OCC)c2)CC1. The number of benzene rings is 1. The van der Waals surface area contributed by atoms with Crippen molar-refractivity contribution in [2.45, 2.75) is 58.7 Å². The quantitative estimate of drug-likeness (QED) is 0.686. The molecular weight excluding hydrogens is 326 g/mol. The smallest absolute Gasteiger partial charge is 0.387 e. The number of halogens is 2. The fourth-order valence-electron chi connectivity index (χ4n) is 3.13. The highest BCUT2D eigenvalue weighted by molar-refractivity contribution is 5.43. The van der Waals surface area contributed by atoms with Gasteiger partial charge in [-0.15, -0.1) is 0 Å². The lowest BCUT2D eigenvalue weighted by atomic mass is 10.0. The van der Waals surface area contributed by atoms with Gasteiger partial charge in [0.15, 0.2) is 11.5 Å². The van der Waals surface area contributed by atoms with Crippen LogP contribution >= 0.6 is 0 Å². The summed E-state index contributed by atoms with van der Waals surface area (Å²) in [6.07, 6.45) is 4.81. The number of piperidine rings is 1. The molecule has 0 unspecified atom stereocenters. The molecule has 0 spiro atoms. The van der Waals surface area contributed by atoms with E-state index in [0.29, 0.717) is 24.9 Å². The molecule has 1 aromatic rings. The summed E-state index contributed by atoms with van der Waals surface area (Å²) in [4.78, 5) is 2.53. The minimum atomic E-state index is -2.85. The second-order valence-electron chi connectivity index (χ2n) is 6.44. The van der Waals surface area contributed by atoms with Crippen LogP contribution in [0.5, 0.6) is 11.5 Å². The summed E-state index contributed by atoms with van der Waals surface area (Å²) in [5, 5.41) is 3.57. The van der Waals surface area contributed by atoms with E-state index in [2.05, 4.69) is 21.9 Å². The summed E-state index contributed by atoms with van der Waals surface area (Å²) >= 11 is 0.